The normalized spacial score (nSPS) is 23.3. The Balaban J connectivity index is 1.28. The van der Waals surface area contributed by atoms with Crippen LogP contribution in [-0.2, 0) is 15.1 Å². The van der Waals surface area contributed by atoms with Crippen LogP contribution in [0, 0.1) is 5.92 Å². The Morgan fingerprint density at radius 1 is 1.00 bits per heavy atom. The predicted molar refractivity (Wildman–Crippen MR) is 137 cm³/mol. The first-order chi connectivity index (χ1) is 17.4. The van der Waals surface area contributed by atoms with Crippen molar-refractivity contribution in [3.63, 3.8) is 0 Å². The molecule has 6 rings (SSSR count). The standard InChI is InChI=1S/C28H29BrN2O5/c29-25-12-11-23(35-25)26(32)30-15-18-31-16-13-20(14-17-31)24(19-31)36-27(33)28(34,21-7-3-1-4-8-21)22-9-5-2-6-10-22/h1-12,20,24,34H,13-19H2/p+1/t20?,24-,31?/m0/s1. The van der Waals surface area contributed by atoms with Gasteiger partial charge in [0, 0.05) is 18.8 Å². The second-order valence-electron chi connectivity index (χ2n) is 9.78. The van der Waals surface area contributed by atoms with Gasteiger partial charge in [0.2, 0.25) is 5.60 Å². The molecule has 3 saturated heterocycles. The van der Waals surface area contributed by atoms with Crippen LogP contribution >= 0.6 is 15.9 Å². The number of ether oxygens (including phenoxy) is 1. The summed E-state index contributed by atoms with van der Waals surface area (Å²) in [5.74, 6) is -0.343. The monoisotopic (exact) mass is 553 g/mol. The highest BCUT2D eigenvalue weighted by Crippen LogP contribution is 2.38. The number of rotatable bonds is 8. The van der Waals surface area contributed by atoms with Crippen LogP contribution in [-0.4, -0.2) is 60.3 Å². The highest BCUT2D eigenvalue weighted by molar-refractivity contribution is 9.10. The number of amides is 1. The van der Waals surface area contributed by atoms with E-state index in [2.05, 4.69) is 21.2 Å². The fourth-order valence-corrected chi connectivity index (χ4v) is 5.89. The van der Waals surface area contributed by atoms with Gasteiger partial charge in [-0.2, -0.15) is 0 Å². The van der Waals surface area contributed by atoms with Gasteiger partial charge in [-0.15, -0.1) is 0 Å². The third kappa shape index (κ3) is 4.85. The van der Waals surface area contributed by atoms with Gasteiger partial charge in [0.25, 0.3) is 5.91 Å². The lowest BCUT2D eigenvalue weighted by atomic mass is 9.82. The van der Waals surface area contributed by atoms with Crippen LogP contribution in [0.1, 0.15) is 34.5 Å². The van der Waals surface area contributed by atoms with E-state index in [9.17, 15) is 14.7 Å². The maximum absolute atomic E-state index is 13.6. The molecule has 3 aromatic rings. The number of halogens is 1. The number of benzene rings is 2. The number of carbonyl (C=O) groups is 2. The molecule has 2 aromatic carbocycles. The summed E-state index contributed by atoms with van der Waals surface area (Å²) in [6.07, 6.45) is 1.62. The third-order valence-electron chi connectivity index (χ3n) is 7.65. The van der Waals surface area contributed by atoms with Gasteiger partial charge in [-0.3, -0.25) is 4.79 Å². The summed E-state index contributed by atoms with van der Waals surface area (Å²) in [6, 6.07) is 21.3. The number of esters is 1. The molecule has 4 heterocycles. The molecule has 0 spiro atoms. The zero-order valence-electron chi connectivity index (χ0n) is 19.9. The number of hydrogen-bond donors (Lipinski definition) is 2. The zero-order chi connectivity index (χ0) is 25.2. The van der Waals surface area contributed by atoms with Crippen LogP contribution in [0.25, 0.3) is 0 Å². The zero-order valence-corrected chi connectivity index (χ0v) is 21.5. The average molecular weight is 554 g/mol. The van der Waals surface area contributed by atoms with Crippen molar-refractivity contribution in [2.75, 3.05) is 32.7 Å². The Kier molecular flexibility index (Phi) is 7.01. The third-order valence-corrected chi connectivity index (χ3v) is 8.07. The Morgan fingerprint density at radius 2 is 1.61 bits per heavy atom. The molecule has 188 valence electrons. The molecular weight excluding hydrogens is 524 g/mol. The largest absolute Gasteiger partial charge is 0.453 e. The van der Waals surface area contributed by atoms with Crippen molar-refractivity contribution in [3.8, 4) is 0 Å². The summed E-state index contributed by atoms with van der Waals surface area (Å²) in [6.45, 7) is 3.90. The van der Waals surface area contributed by atoms with Gasteiger partial charge in [-0.1, -0.05) is 60.7 Å². The molecule has 0 radical (unpaired) electrons. The van der Waals surface area contributed by atoms with Crippen LogP contribution in [0.5, 0.6) is 0 Å². The highest BCUT2D eigenvalue weighted by atomic mass is 79.9. The van der Waals surface area contributed by atoms with E-state index in [4.69, 9.17) is 9.15 Å². The summed E-state index contributed by atoms with van der Waals surface area (Å²) in [5, 5.41) is 14.7. The number of nitrogens with zero attached hydrogens (tertiary/aromatic N) is 1. The Labute approximate surface area is 218 Å². The van der Waals surface area contributed by atoms with Gasteiger partial charge in [0.1, 0.15) is 6.54 Å². The smallest absolute Gasteiger partial charge is 0.348 e. The molecule has 1 atom stereocenters. The van der Waals surface area contributed by atoms with Crippen molar-refractivity contribution >= 4 is 27.8 Å². The van der Waals surface area contributed by atoms with Gasteiger partial charge < -0.3 is 24.1 Å². The first-order valence-corrected chi connectivity index (χ1v) is 13.1. The van der Waals surface area contributed by atoms with E-state index in [0.717, 1.165) is 37.0 Å². The van der Waals surface area contributed by atoms with Crippen molar-refractivity contribution in [2.24, 2.45) is 5.92 Å². The first kappa shape index (κ1) is 24.7. The summed E-state index contributed by atoms with van der Waals surface area (Å²) >= 11 is 3.22. The van der Waals surface area contributed by atoms with Gasteiger partial charge >= 0.3 is 5.97 Å². The molecule has 3 fully saturated rings. The van der Waals surface area contributed by atoms with E-state index in [1.807, 2.05) is 12.1 Å². The van der Waals surface area contributed by atoms with Gasteiger partial charge in [-0.25, -0.2) is 4.79 Å². The van der Waals surface area contributed by atoms with Crippen molar-refractivity contribution in [2.45, 2.75) is 24.5 Å². The quantitative estimate of drug-likeness (QED) is 0.326. The lowest BCUT2D eigenvalue weighted by Gasteiger charge is -2.52. The lowest BCUT2D eigenvalue weighted by molar-refractivity contribution is -0.945. The van der Waals surface area contributed by atoms with E-state index in [1.54, 1.807) is 60.7 Å². The van der Waals surface area contributed by atoms with Crippen LogP contribution in [0.15, 0.2) is 81.9 Å². The van der Waals surface area contributed by atoms with Crippen molar-refractivity contribution < 1.29 is 28.3 Å². The van der Waals surface area contributed by atoms with E-state index in [0.29, 0.717) is 28.9 Å². The molecule has 0 aliphatic carbocycles. The van der Waals surface area contributed by atoms with Gasteiger partial charge in [0.05, 0.1) is 26.2 Å². The summed E-state index contributed by atoms with van der Waals surface area (Å²) in [5.41, 5.74) is -0.915. The molecule has 36 heavy (non-hydrogen) atoms. The number of quaternary nitrogens is 1. The molecule has 0 unspecified atom stereocenters. The van der Waals surface area contributed by atoms with Gasteiger partial charge in [0.15, 0.2) is 16.5 Å². The molecular formula is C28H30BrN2O5+. The SMILES string of the molecule is O=C(NCC[N+]12CCC(CC1)[C@@H](OC(=O)C(O)(c1ccccc1)c1ccccc1)C2)c1ccc(Br)o1. The summed E-state index contributed by atoms with van der Waals surface area (Å²) < 4.78 is 12.7. The molecule has 0 saturated carbocycles. The van der Waals surface area contributed by atoms with Crippen LogP contribution < -0.4 is 5.32 Å². The fourth-order valence-electron chi connectivity index (χ4n) is 5.58. The van der Waals surface area contributed by atoms with E-state index < -0.39 is 11.6 Å². The second-order valence-corrected chi connectivity index (χ2v) is 10.6. The average Bonchev–Trinajstić information content (AvgIpc) is 3.36. The molecule has 1 aromatic heterocycles. The molecule has 1 amide bonds. The maximum atomic E-state index is 13.6. The van der Waals surface area contributed by atoms with Crippen molar-refractivity contribution in [1.29, 1.82) is 0 Å². The number of hydrogen-bond acceptors (Lipinski definition) is 5. The number of aliphatic hydroxyl groups is 1. The molecule has 7 nitrogen and oxygen atoms in total. The van der Waals surface area contributed by atoms with Crippen LogP contribution in [0.3, 0.4) is 0 Å². The van der Waals surface area contributed by atoms with E-state index >= 15 is 0 Å². The Morgan fingerprint density at radius 3 is 2.17 bits per heavy atom. The lowest BCUT2D eigenvalue weighted by Crippen LogP contribution is -2.66. The first-order valence-electron chi connectivity index (χ1n) is 12.3. The van der Waals surface area contributed by atoms with E-state index in [-0.39, 0.29) is 23.7 Å². The molecule has 8 heteroatoms. The van der Waals surface area contributed by atoms with Crippen LogP contribution in [0.2, 0.25) is 0 Å². The fraction of sp³-hybridized carbons (Fsp3) is 0.357. The number of carbonyl (C=O) groups excluding carboxylic acids is 2. The highest BCUT2D eigenvalue weighted by Gasteiger charge is 2.50. The molecule has 2 bridgehead atoms. The Hall–Kier alpha value is -2.94. The van der Waals surface area contributed by atoms with Crippen LogP contribution in [0.4, 0.5) is 0 Å². The summed E-state index contributed by atoms with van der Waals surface area (Å²) in [4.78, 5) is 26.0. The van der Waals surface area contributed by atoms with E-state index in [1.165, 1.54) is 0 Å². The minimum absolute atomic E-state index is 0.246. The van der Waals surface area contributed by atoms with Gasteiger partial charge in [-0.05, 0) is 39.2 Å². The second kappa shape index (κ2) is 10.2. The minimum atomic E-state index is -1.88. The minimum Gasteiger partial charge on any atom is -0.453 e. The predicted octanol–water partition coefficient (Wildman–Crippen LogP) is 3.86. The molecule has 3 aliphatic rings. The number of furan rings is 1. The molecule has 3 aliphatic heterocycles. The van der Waals surface area contributed by atoms with Crippen molar-refractivity contribution in [1.82, 2.24) is 5.32 Å². The number of fused-ring (bicyclic) bond motifs is 3. The topological polar surface area (TPSA) is 88.8 Å². The number of nitrogens with one attached hydrogen (secondary N) is 1. The maximum Gasteiger partial charge on any atom is 0.348 e. The Bertz CT molecular complexity index is 1170. The number of piperidine rings is 3. The van der Waals surface area contributed by atoms with Crippen molar-refractivity contribution in [3.05, 3.63) is 94.4 Å². The summed E-state index contributed by atoms with van der Waals surface area (Å²) in [7, 11) is 0. The molecule has 2 N–H and O–H groups in total.